The third-order valence-corrected chi connectivity index (χ3v) is 2.63. The lowest BCUT2D eigenvalue weighted by Crippen LogP contribution is -1.97. The highest BCUT2D eigenvalue weighted by molar-refractivity contribution is 6.11. The summed E-state index contributed by atoms with van der Waals surface area (Å²) >= 11 is 0. The molecule has 2 rings (SSSR count). The molecular formula is C16H14O3. The van der Waals surface area contributed by atoms with Crippen molar-refractivity contribution in [2.24, 2.45) is 0 Å². The van der Waals surface area contributed by atoms with Crippen LogP contribution in [-0.2, 0) is 0 Å². The highest BCUT2D eigenvalue weighted by Crippen LogP contribution is 2.24. The molecule has 0 amide bonds. The zero-order valence-electron chi connectivity index (χ0n) is 10.6. The lowest BCUT2D eigenvalue weighted by Gasteiger charge is -2.05. The Morgan fingerprint density at radius 1 is 1.47 bits per heavy atom. The summed E-state index contributed by atoms with van der Waals surface area (Å²) in [4.78, 5) is 11.9. The molecule has 0 radical (unpaired) electrons. The van der Waals surface area contributed by atoms with Crippen LogP contribution < -0.4 is 4.74 Å². The van der Waals surface area contributed by atoms with Gasteiger partial charge in [0.1, 0.15) is 11.5 Å². The third-order valence-electron chi connectivity index (χ3n) is 2.63. The molecule has 0 heterocycles. The molecule has 3 heteroatoms. The second kappa shape index (κ2) is 5.92. The maximum absolute atomic E-state index is 11.9. The zero-order valence-corrected chi connectivity index (χ0v) is 10.6. The number of phenols is 1. The van der Waals surface area contributed by atoms with Crippen LogP contribution in [0.15, 0.2) is 42.0 Å². The first kappa shape index (κ1) is 13.0. The van der Waals surface area contributed by atoms with E-state index in [0.29, 0.717) is 12.4 Å². The van der Waals surface area contributed by atoms with Crippen LogP contribution in [0.5, 0.6) is 11.5 Å². The lowest BCUT2D eigenvalue weighted by molar-refractivity contribution is 0.105. The molecule has 1 N–H and O–H groups in total. The van der Waals surface area contributed by atoms with Gasteiger partial charge in [-0.25, -0.2) is 0 Å². The van der Waals surface area contributed by atoms with Gasteiger partial charge in [0.15, 0.2) is 0 Å². The standard InChI is InChI=1S/C16H14O3/c1-2-19-13-8-9-14(16(18)11-13)15(17)10-7-12-5-3-4-6-12/h3-5,8-9,11,18H,2,6H2,1H3. The van der Waals surface area contributed by atoms with Gasteiger partial charge >= 0.3 is 0 Å². The minimum atomic E-state index is -0.395. The van der Waals surface area contributed by atoms with Crippen molar-refractivity contribution in [2.75, 3.05) is 6.61 Å². The molecule has 19 heavy (non-hydrogen) atoms. The van der Waals surface area contributed by atoms with Gasteiger partial charge in [0.05, 0.1) is 12.2 Å². The Labute approximate surface area is 112 Å². The van der Waals surface area contributed by atoms with E-state index in [1.165, 1.54) is 12.1 Å². The van der Waals surface area contributed by atoms with Crippen molar-refractivity contribution < 1.29 is 14.6 Å². The van der Waals surface area contributed by atoms with Crippen molar-refractivity contribution in [1.29, 1.82) is 0 Å². The summed E-state index contributed by atoms with van der Waals surface area (Å²) in [6.45, 7) is 2.36. The van der Waals surface area contributed by atoms with E-state index in [-0.39, 0.29) is 11.3 Å². The predicted molar refractivity (Wildman–Crippen MR) is 73.2 cm³/mol. The zero-order chi connectivity index (χ0) is 13.7. The summed E-state index contributed by atoms with van der Waals surface area (Å²) in [6.07, 6.45) is 6.51. The molecule has 0 saturated carbocycles. The number of phenolic OH excluding ortho intramolecular Hbond substituents is 1. The van der Waals surface area contributed by atoms with Gasteiger partial charge < -0.3 is 9.84 Å². The van der Waals surface area contributed by atoms with Crippen LogP contribution in [0.1, 0.15) is 23.7 Å². The van der Waals surface area contributed by atoms with E-state index < -0.39 is 5.78 Å². The first-order valence-corrected chi connectivity index (χ1v) is 6.08. The summed E-state index contributed by atoms with van der Waals surface area (Å²) < 4.78 is 5.24. The van der Waals surface area contributed by atoms with E-state index in [2.05, 4.69) is 11.8 Å². The van der Waals surface area contributed by atoms with Gasteiger partial charge in [-0.15, -0.1) is 0 Å². The van der Waals surface area contributed by atoms with Crippen LogP contribution in [0.25, 0.3) is 0 Å². The van der Waals surface area contributed by atoms with Crippen LogP contribution in [-0.4, -0.2) is 17.5 Å². The number of ketones is 1. The minimum Gasteiger partial charge on any atom is -0.507 e. The highest BCUT2D eigenvalue weighted by Gasteiger charge is 2.10. The molecule has 3 nitrogen and oxygen atoms in total. The molecule has 96 valence electrons. The quantitative estimate of drug-likeness (QED) is 0.512. The van der Waals surface area contributed by atoms with Crippen molar-refractivity contribution in [1.82, 2.24) is 0 Å². The molecule has 0 unspecified atom stereocenters. The van der Waals surface area contributed by atoms with Gasteiger partial charge in [-0.3, -0.25) is 4.79 Å². The van der Waals surface area contributed by atoms with E-state index in [9.17, 15) is 9.90 Å². The summed E-state index contributed by atoms with van der Waals surface area (Å²) in [7, 11) is 0. The minimum absolute atomic E-state index is 0.108. The molecule has 0 bridgehead atoms. The summed E-state index contributed by atoms with van der Waals surface area (Å²) in [5.41, 5.74) is 1.10. The van der Waals surface area contributed by atoms with E-state index in [1.807, 2.05) is 25.2 Å². The molecule has 1 aliphatic rings. The fraction of sp³-hybridized carbons (Fsp3) is 0.188. The van der Waals surface area contributed by atoms with E-state index >= 15 is 0 Å². The van der Waals surface area contributed by atoms with E-state index in [0.717, 1.165) is 12.0 Å². The van der Waals surface area contributed by atoms with Crippen LogP contribution >= 0.6 is 0 Å². The Hall–Kier alpha value is -2.47. The number of allylic oxidation sites excluding steroid dienone is 4. The number of hydrogen-bond acceptors (Lipinski definition) is 3. The van der Waals surface area contributed by atoms with Gasteiger partial charge in [-0.05, 0) is 31.4 Å². The number of carbonyl (C=O) groups excluding carboxylic acids is 1. The van der Waals surface area contributed by atoms with Crippen LogP contribution in [0.4, 0.5) is 0 Å². The number of benzene rings is 1. The Morgan fingerprint density at radius 2 is 2.32 bits per heavy atom. The number of rotatable bonds is 3. The fourth-order valence-corrected chi connectivity index (χ4v) is 1.70. The summed E-state index contributed by atoms with van der Waals surface area (Å²) in [6, 6.07) is 4.60. The lowest BCUT2D eigenvalue weighted by atomic mass is 10.1. The van der Waals surface area contributed by atoms with Crippen LogP contribution in [0.2, 0.25) is 0 Å². The summed E-state index contributed by atoms with van der Waals surface area (Å²) in [5.74, 6) is 5.37. The fourth-order valence-electron chi connectivity index (χ4n) is 1.70. The van der Waals surface area contributed by atoms with Gasteiger partial charge in [0.2, 0.25) is 5.78 Å². The Kier molecular flexibility index (Phi) is 4.04. The van der Waals surface area contributed by atoms with Crippen molar-refractivity contribution in [3.8, 4) is 23.3 Å². The average Bonchev–Trinajstić information content (AvgIpc) is 2.89. The van der Waals surface area contributed by atoms with Crippen molar-refractivity contribution >= 4 is 5.78 Å². The van der Waals surface area contributed by atoms with Crippen LogP contribution in [0.3, 0.4) is 0 Å². The van der Waals surface area contributed by atoms with Gasteiger partial charge in [0, 0.05) is 11.6 Å². The van der Waals surface area contributed by atoms with Gasteiger partial charge in [-0.2, -0.15) is 0 Å². The third kappa shape index (κ3) is 3.26. The molecule has 0 atom stereocenters. The topological polar surface area (TPSA) is 46.5 Å². The maximum atomic E-state index is 11.9. The normalized spacial score (nSPS) is 12.6. The monoisotopic (exact) mass is 254 g/mol. The number of hydrogen-bond donors (Lipinski definition) is 1. The molecular weight excluding hydrogens is 240 g/mol. The number of ether oxygens (including phenoxy) is 1. The van der Waals surface area contributed by atoms with Crippen molar-refractivity contribution in [3.05, 3.63) is 47.6 Å². The molecule has 0 aliphatic heterocycles. The first-order chi connectivity index (χ1) is 9.20. The predicted octanol–water partition coefficient (Wildman–Crippen LogP) is 2.86. The second-order valence-electron chi connectivity index (χ2n) is 4.02. The number of carbonyl (C=O) groups is 1. The summed E-state index contributed by atoms with van der Waals surface area (Å²) in [5, 5.41) is 9.78. The molecule has 0 spiro atoms. The van der Waals surface area contributed by atoms with Crippen LogP contribution in [0, 0.1) is 11.8 Å². The largest absolute Gasteiger partial charge is 0.507 e. The van der Waals surface area contributed by atoms with Gasteiger partial charge in [0.25, 0.3) is 0 Å². The van der Waals surface area contributed by atoms with E-state index in [1.54, 1.807) is 6.07 Å². The average molecular weight is 254 g/mol. The molecule has 0 saturated heterocycles. The molecule has 1 aromatic rings. The van der Waals surface area contributed by atoms with Crippen molar-refractivity contribution in [2.45, 2.75) is 13.3 Å². The number of Topliss-reactive ketones (excluding diaryl/α,β-unsaturated/α-hetero) is 1. The number of aromatic hydroxyl groups is 1. The van der Waals surface area contributed by atoms with Crippen molar-refractivity contribution in [3.63, 3.8) is 0 Å². The first-order valence-electron chi connectivity index (χ1n) is 6.08. The van der Waals surface area contributed by atoms with Gasteiger partial charge in [-0.1, -0.05) is 24.1 Å². The Morgan fingerprint density at radius 3 is 2.95 bits per heavy atom. The van der Waals surface area contributed by atoms with E-state index in [4.69, 9.17) is 4.74 Å². The molecule has 1 aliphatic carbocycles. The molecule has 0 fully saturated rings. The Balaban J connectivity index is 2.15. The SMILES string of the molecule is CCOc1ccc(C(=O)C#CC2=CC=CC2)c(O)c1. The highest BCUT2D eigenvalue weighted by atomic mass is 16.5. The Bertz CT molecular complexity index is 613. The smallest absolute Gasteiger partial charge is 0.239 e. The second-order valence-corrected chi connectivity index (χ2v) is 4.02. The maximum Gasteiger partial charge on any atom is 0.239 e. The molecule has 1 aromatic carbocycles. The molecule has 0 aromatic heterocycles.